The lowest BCUT2D eigenvalue weighted by Gasteiger charge is -2.40. The van der Waals surface area contributed by atoms with Crippen molar-refractivity contribution in [2.24, 2.45) is 0 Å². The van der Waals surface area contributed by atoms with E-state index in [0.717, 1.165) is 5.69 Å². The minimum absolute atomic E-state index is 0.455. The van der Waals surface area contributed by atoms with Crippen LogP contribution in [0.4, 0.5) is 0 Å². The van der Waals surface area contributed by atoms with Gasteiger partial charge in [0.25, 0.3) is 0 Å². The number of hydrogen-bond donors (Lipinski definition) is 0. The van der Waals surface area contributed by atoms with Gasteiger partial charge in [0.1, 0.15) is 0 Å². The molecule has 2 heterocycles. The lowest BCUT2D eigenvalue weighted by Crippen LogP contribution is -2.32. The summed E-state index contributed by atoms with van der Waals surface area (Å²) in [5.41, 5.74) is 16.1. The molecule has 0 atom stereocenters. The van der Waals surface area contributed by atoms with Gasteiger partial charge in [-0.25, -0.2) is 0 Å². The first-order valence-corrected chi connectivity index (χ1v) is 19.8. The third-order valence-electron chi connectivity index (χ3n) is 12.0. The minimum atomic E-state index is -0.455. The van der Waals surface area contributed by atoms with Crippen molar-refractivity contribution in [3.05, 3.63) is 222 Å². The minimum Gasteiger partial charge on any atom is -0.307 e. The van der Waals surface area contributed by atoms with Crippen molar-refractivity contribution >= 4 is 44.3 Å². The highest BCUT2D eigenvalue weighted by Gasteiger charge is 2.50. The Hall–Kier alpha value is -6.61. The standard InChI is InChI=1S/C53H33NS/c1-3-15-34(16-4-1)37-31-38(35-17-5-2-6-18-35)33-39(32-37)54-50-40-20-8-7-19-36(40)27-28-43(50)44-29-30-48-52(51(44)54)55-49-26-14-13-25-47(49)53(48)45-23-11-9-21-41(45)42-22-10-12-24-46(42)53/h1-33H. The van der Waals surface area contributed by atoms with E-state index in [1.54, 1.807) is 0 Å². The zero-order valence-electron chi connectivity index (χ0n) is 29.9. The van der Waals surface area contributed by atoms with Gasteiger partial charge in [0.15, 0.2) is 0 Å². The molecular weight excluding hydrogens is 683 g/mol. The van der Waals surface area contributed by atoms with Gasteiger partial charge >= 0.3 is 0 Å². The van der Waals surface area contributed by atoms with Crippen LogP contribution in [0.15, 0.2) is 210 Å². The summed E-state index contributed by atoms with van der Waals surface area (Å²) in [5.74, 6) is 0. The molecule has 1 nitrogen and oxygen atoms in total. The summed E-state index contributed by atoms with van der Waals surface area (Å²) in [6.45, 7) is 0. The number of hydrogen-bond acceptors (Lipinski definition) is 1. The largest absolute Gasteiger partial charge is 0.307 e. The van der Waals surface area contributed by atoms with E-state index in [1.807, 2.05) is 11.8 Å². The maximum Gasteiger partial charge on any atom is 0.0736 e. The summed E-state index contributed by atoms with van der Waals surface area (Å²) >= 11 is 1.93. The van der Waals surface area contributed by atoms with Crippen molar-refractivity contribution in [1.29, 1.82) is 0 Å². The second-order valence-corrected chi connectivity index (χ2v) is 15.8. The molecule has 0 saturated heterocycles. The normalized spacial score (nSPS) is 13.5. The Kier molecular flexibility index (Phi) is 6.55. The third kappa shape index (κ3) is 4.26. The van der Waals surface area contributed by atoms with Gasteiger partial charge in [-0.2, -0.15) is 0 Å². The molecule has 256 valence electrons. The Morgan fingerprint density at radius 3 is 1.60 bits per heavy atom. The smallest absolute Gasteiger partial charge is 0.0736 e. The van der Waals surface area contributed by atoms with Crippen LogP contribution in [0, 0.1) is 0 Å². The Morgan fingerprint density at radius 2 is 0.909 bits per heavy atom. The number of aromatic nitrogens is 1. The van der Waals surface area contributed by atoms with Crippen molar-refractivity contribution in [1.82, 2.24) is 4.57 Å². The third-order valence-corrected chi connectivity index (χ3v) is 13.2. The highest BCUT2D eigenvalue weighted by Crippen LogP contribution is 2.63. The molecule has 10 aromatic rings. The molecular formula is C53H33NS. The predicted octanol–water partition coefficient (Wildman–Crippen LogP) is 14.1. The van der Waals surface area contributed by atoms with Gasteiger partial charge in [-0.1, -0.05) is 188 Å². The maximum atomic E-state index is 2.60. The lowest BCUT2D eigenvalue weighted by atomic mass is 9.67. The summed E-state index contributed by atoms with van der Waals surface area (Å²) in [4.78, 5) is 2.62. The molecule has 0 N–H and O–H groups in total. The van der Waals surface area contributed by atoms with E-state index in [0.29, 0.717) is 0 Å². The van der Waals surface area contributed by atoms with E-state index in [4.69, 9.17) is 0 Å². The summed E-state index contributed by atoms with van der Waals surface area (Å²) in [6.07, 6.45) is 0. The molecule has 1 spiro atoms. The van der Waals surface area contributed by atoms with Gasteiger partial charge in [-0.15, -0.1) is 0 Å². The molecule has 0 saturated carbocycles. The maximum absolute atomic E-state index is 2.60. The second kappa shape index (κ2) is 11.7. The zero-order chi connectivity index (χ0) is 36.1. The van der Waals surface area contributed by atoms with Crippen LogP contribution < -0.4 is 0 Å². The van der Waals surface area contributed by atoms with Crippen LogP contribution in [0.2, 0.25) is 0 Å². The summed E-state index contributed by atoms with van der Waals surface area (Å²) in [7, 11) is 0. The van der Waals surface area contributed by atoms with E-state index < -0.39 is 5.41 Å². The molecule has 1 aliphatic carbocycles. The quantitative estimate of drug-likeness (QED) is 0.176. The van der Waals surface area contributed by atoms with Gasteiger partial charge in [-0.05, 0) is 85.3 Å². The summed E-state index contributed by atoms with van der Waals surface area (Å²) < 4.78 is 2.60. The van der Waals surface area contributed by atoms with E-state index in [9.17, 15) is 0 Å². The molecule has 0 amide bonds. The van der Waals surface area contributed by atoms with Gasteiger partial charge < -0.3 is 4.57 Å². The Labute approximate surface area is 324 Å². The first kappa shape index (κ1) is 30.8. The van der Waals surface area contributed by atoms with Crippen molar-refractivity contribution < 1.29 is 0 Å². The van der Waals surface area contributed by atoms with Gasteiger partial charge in [0.05, 0.1) is 16.4 Å². The topological polar surface area (TPSA) is 4.93 Å². The first-order chi connectivity index (χ1) is 27.3. The van der Waals surface area contributed by atoms with Crippen molar-refractivity contribution in [3.63, 3.8) is 0 Å². The Bertz CT molecular complexity index is 3070. The van der Waals surface area contributed by atoms with Crippen molar-refractivity contribution in [2.75, 3.05) is 0 Å². The second-order valence-electron chi connectivity index (χ2n) is 14.8. The molecule has 1 aliphatic heterocycles. The van der Waals surface area contributed by atoms with Crippen LogP contribution in [0.5, 0.6) is 0 Å². The lowest BCUT2D eigenvalue weighted by molar-refractivity contribution is 0.724. The van der Waals surface area contributed by atoms with Gasteiger partial charge in [0, 0.05) is 31.6 Å². The van der Waals surface area contributed by atoms with E-state index >= 15 is 0 Å². The predicted molar refractivity (Wildman–Crippen MR) is 231 cm³/mol. The molecule has 55 heavy (non-hydrogen) atoms. The molecule has 2 heteroatoms. The van der Waals surface area contributed by atoms with Gasteiger partial charge in [-0.3, -0.25) is 0 Å². The van der Waals surface area contributed by atoms with Gasteiger partial charge in [0.2, 0.25) is 0 Å². The fourth-order valence-corrected chi connectivity index (χ4v) is 11.1. The number of fused-ring (bicyclic) bond motifs is 15. The molecule has 0 fully saturated rings. The highest BCUT2D eigenvalue weighted by molar-refractivity contribution is 7.99. The first-order valence-electron chi connectivity index (χ1n) is 19.0. The molecule has 9 aromatic carbocycles. The van der Waals surface area contributed by atoms with E-state index in [-0.39, 0.29) is 0 Å². The van der Waals surface area contributed by atoms with E-state index in [2.05, 4.69) is 205 Å². The zero-order valence-corrected chi connectivity index (χ0v) is 30.7. The Balaban J connectivity index is 1.27. The molecule has 12 rings (SSSR count). The fourth-order valence-electron chi connectivity index (χ4n) is 9.76. The molecule has 0 bridgehead atoms. The average Bonchev–Trinajstić information content (AvgIpc) is 3.76. The highest BCUT2D eigenvalue weighted by atomic mass is 32.2. The van der Waals surface area contributed by atoms with Crippen LogP contribution in [-0.4, -0.2) is 4.57 Å². The Morgan fingerprint density at radius 1 is 0.364 bits per heavy atom. The van der Waals surface area contributed by atoms with Crippen LogP contribution in [0.1, 0.15) is 22.3 Å². The molecule has 2 aliphatic rings. The summed E-state index contributed by atoms with van der Waals surface area (Å²) in [6, 6.07) is 74.5. The SMILES string of the molecule is c1ccc(-c2cc(-c3ccccc3)cc(-n3c4c5c(ccc4c4ccc6ccccc6c43)C3(c4ccccc4S5)c4ccccc4-c4ccccc43)c2)cc1. The van der Waals surface area contributed by atoms with Crippen LogP contribution in [0.3, 0.4) is 0 Å². The average molecular weight is 716 g/mol. The number of benzene rings is 9. The van der Waals surface area contributed by atoms with Crippen molar-refractivity contribution in [3.8, 4) is 39.1 Å². The summed E-state index contributed by atoms with van der Waals surface area (Å²) in [5, 5.41) is 5.03. The van der Waals surface area contributed by atoms with E-state index in [1.165, 1.54) is 98.0 Å². The van der Waals surface area contributed by atoms with Crippen molar-refractivity contribution in [2.45, 2.75) is 15.2 Å². The molecule has 1 aromatic heterocycles. The molecule has 0 radical (unpaired) electrons. The fraction of sp³-hybridized carbons (Fsp3) is 0.0189. The number of rotatable bonds is 3. The van der Waals surface area contributed by atoms with Crippen LogP contribution in [-0.2, 0) is 5.41 Å². The monoisotopic (exact) mass is 715 g/mol. The van der Waals surface area contributed by atoms with Crippen LogP contribution >= 0.6 is 11.8 Å². The number of nitrogens with zero attached hydrogens (tertiary/aromatic N) is 1. The van der Waals surface area contributed by atoms with Crippen LogP contribution in [0.25, 0.3) is 71.6 Å². The molecule has 0 unspecified atom stereocenters.